The molecule has 7 heteroatoms. The molecule has 2 heterocycles. The molecule has 0 aliphatic carbocycles. The summed E-state index contributed by atoms with van der Waals surface area (Å²) in [6.45, 7) is 2.17. The molecule has 0 saturated carbocycles. The van der Waals surface area contributed by atoms with Crippen LogP contribution in [0, 0.1) is 0 Å². The van der Waals surface area contributed by atoms with E-state index in [1.165, 1.54) is 11.3 Å². The van der Waals surface area contributed by atoms with Gasteiger partial charge in [0, 0.05) is 5.02 Å². The number of halogens is 1. The summed E-state index contributed by atoms with van der Waals surface area (Å²) < 4.78 is 1.84. The third kappa shape index (κ3) is 3.69. The Hall–Kier alpha value is -1.37. The predicted octanol–water partition coefficient (Wildman–Crippen LogP) is 4.65. The van der Waals surface area contributed by atoms with Gasteiger partial charge < -0.3 is 0 Å². The lowest BCUT2D eigenvalue weighted by molar-refractivity contribution is 0.879. The Kier molecular flexibility index (Phi) is 5.12. The minimum absolute atomic E-state index is 0.732. The Balaban J connectivity index is 1.77. The molecule has 0 radical (unpaired) electrons. The van der Waals surface area contributed by atoms with Crippen LogP contribution in [0.25, 0.3) is 17.1 Å². The van der Waals surface area contributed by atoms with Gasteiger partial charge in [0.25, 0.3) is 0 Å². The van der Waals surface area contributed by atoms with Crippen molar-refractivity contribution in [2.75, 3.05) is 5.75 Å². The van der Waals surface area contributed by atoms with Crippen molar-refractivity contribution in [1.29, 1.82) is 0 Å². The summed E-state index contributed by atoms with van der Waals surface area (Å²) in [4.78, 5) is 0.831. The molecule has 0 spiro atoms. The molecule has 4 nitrogen and oxygen atoms in total. The van der Waals surface area contributed by atoms with Gasteiger partial charge in [0.2, 0.25) is 4.96 Å². The van der Waals surface area contributed by atoms with E-state index in [1.54, 1.807) is 0 Å². The number of nitrogens with zero attached hydrogens (tertiary/aromatic N) is 4. The summed E-state index contributed by atoms with van der Waals surface area (Å²) in [5, 5.41) is 14.6. The molecule has 2 aromatic heterocycles. The highest BCUT2D eigenvalue weighted by atomic mass is 35.5. The lowest BCUT2D eigenvalue weighted by Gasteiger charge is -1.95. The zero-order chi connectivity index (χ0) is 15.4. The van der Waals surface area contributed by atoms with Crippen LogP contribution < -0.4 is 0 Å². The Labute approximate surface area is 142 Å². The number of thioether (sulfide) groups is 1. The van der Waals surface area contributed by atoms with Crippen molar-refractivity contribution < 1.29 is 0 Å². The average molecular weight is 351 g/mol. The highest BCUT2D eigenvalue weighted by molar-refractivity contribution is 7.98. The maximum absolute atomic E-state index is 5.98. The fourth-order valence-corrected chi connectivity index (χ4v) is 3.67. The van der Waals surface area contributed by atoms with Crippen LogP contribution in [0.3, 0.4) is 0 Å². The SMILES string of the molecule is CCCSCc1nnc2sc(C=Cc3cccc(Cl)c3)nn12. The van der Waals surface area contributed by atoms with Crippen LogP contribution in [0.2, 0.25) is 5.02 Å². The van der Waals surface area contributed by atoms with Gasteiger partial charge in [0.15, 0.2) is 5.82 Å². The van der Waals surface area contributed by atoms with Crippen LogP contribution in [0.5, 0.6) is 0 Å². The summed E-state index contributed by atoms with van der Waals surface area (Å²) in [7, 11) is 0. The zero-order valence-corrected chi connectivity index (χ0v) is 14.5. The normalized spacial score (nSPS) is 11.7. The molecule has 0 aliphatic rings. The van der Waals surface area contributed by atoms with Gasteiger partial charge in [-0.3, -0.25) is 0 Å². The van der Waals surface area contributed by atoms with E-state index in [4.69, 9.17) is 11.6 Å². The van der Waals surface area contributed by atoms with Crippen molar-refractivity contribution in [2.24, 2.45) is 0 Å². The van der Waals surface area contributed by atoms with Crippen LogP contribution in [0.1, 0.15) is 29.7 Å². The second kappa shape index (κ2) is 7.26. The molecule has 0 unspecified atom stereocenters. The van der Waals surface area contributed by atoms with Gasteiger partial charge in [-0.2, -0.15) is 21.4 Å². The number of rotatable bonds is 6. The van der Waals surface area contributed by atoms with Crippen LogP contribution in [0.4, 0.5) is 0 Å². The molecule has 0 fully saturated rings. The topological polar surface area (TPSA) is 43.1 Å². The van der Waals surface area contributed by atoms with E-state index >= 15 is 0 Å². The van der Waals surface area contributed by atoms with Gasteiger partial charge in [-0.05, 0) is 35.9 Å². The first-order valence-corrected chi connectivity index (χ1v) is 9.33. The standard InChI is InChI=1S/C15H15ClN4S2/c1-2-8-21-10-13-17-18-15-20(13)19-14(22-15)7-6-11-4-3-5-12(16)9-11/h3-7,9H,2,8,10H2,1H3. The van der Waals surface area contributed by atoms with Crippen molar-refractivity contribution in [2.45, 2.75) is 19.1 Å². The summed E-state index contributed by atoms with van der Waals surface area (Å²) in [6.07, 6.45) is 5.15. The van der Waals surface area contributed by atoms with E-state index < -0.39 is 0 Å². The molecule has 0 amide bonds. The summed E-state index contributed by atoms with van der Waals surface area (Å²) in [5.74, 6) is 2.88. The van der Waals surface area contributed by atoms with E-state index in [0.717, 1.165) is 44.3 Å². The van der Waals surface area contributed by atoms with Crippen molar-refractivity contribution >= 4 is 51.8 Å². The lowest BCUT2D eigenvalue weighted by Crippen LogP contribution is -1.94. The van der Waals surface area contributed by atoms with E-state index in [0.29, 0.717) is 0 Å². The number of hydrogen-bond acceptors (Lipinski definition) is 5. The lowest BCUT2D eigenvalue weighted by atomic mass is 10.2. The number of fused-ring (bicyclic) bond motifs is 1. The zero-order valence-electron chi connectivity index (χ0n) is 12.1. The summed E-state index contributed by atoms with van der Waals surface area (Å²) >= 11 is 9.37. The largest absolute Gasteiger partial charge is 0.234 e. The molecule has 3 rings (SSSR count). The summed E-state index contributed by atoms with van der Waals surface area (Å²) in [6, 6.07) is 7.73. The molecule has 0 atom stereocenters. The van der Waals surface area contributed by atoms with Crippen LogP contribution in [-0.4, -0.2) is 25.6 Å². The van der Waals surface area contributed by atoms with Crippen LogP contribution in [-0.2, 0) is 5.75 Å². The quantitative estimate of drug-likeness (QED) is 0.607. The van der Waals surface area contributed by atoms with Gasteiger partial charge in [-0.1, -0.05) is 48.1 Å². The second-order valence-electron chi connectivity index (χ2n) is 4.69. The predicted molar refractivity (Wildman–Crippen MR) is 95.5 cm³/mol. The molecule has 0 aliphatic heterocycles. The highest BCUT2D eigenvalue weighted by Gasteiger charge is 2.10. The molecular formula is C15H15ClN4S2. The smallest absolute Gasteiger partial charge is 0.186 e. The highest BCUT2D eigenvalue weighted by Crippen LogP contribution is 2.20. The number of aromatic nitrogens is 4. The Morgan fingerprint density at radius 1 is 1.32 bits per heavy atom. The van der Waals surface area contributed by atoms with Crippen LogP contribution in [0.15, 0.2) is 24.3 Å². The molecule has 1 aromatic carbocycles. The number of benzene rings is 1. The third-order valence-electron chi connectivity index (χ3n) is 2.92. The second-order valence-corrected chi connectivity index (χ2v) is 7.22. The fourth-order valence-electron chi connectivity index (χ4n) is 1.92. The maximum atomic E-state index is 5.98. The van der Waals surface area contributed by atoms with E-state index in [2.05, 4.69) is 22.2 Å². The molecule has 0 bridgehead atoms. The monoisotopic (exact) mass is 350 g/mol. The molecule has 0 N–H and O–H groups in total. The van der Waals surface area contributed by atoms with Crippen molar-refractivity contribution in [1.82, 2.24) is 19.8 Å². The first-order valence-electron chi connectivity index (χ1n) is 6.99. The third-order valence-corrected chi connectivity index (χ3v) is 5.18. The Morgan fingerprint density at radius 3 is 3.05 bits per heavy atom. The minimum Gasteiger partial charge on any atom is -0.186 e. The van der Waals surface area contributed by atoms with Gasteiger partial charge in [-0.25, -0.2) is 0 Å². The van der Waals surface area contributed by atoms with Gasteiger partial charge in [0.1, 0.15) is 5.01 Å². The Morgan fingerprint density at radius 2 is 2.23 bits per heavy atom. The summed E-state index contributed by atoms with van der Waals surface area (Å²) in [5.41, 5.74) is 1.05. The first kappa shape index (κ1) is 15.5. The maximum Gasteiger partial charge on any atom is 0.234 e. The van der Waals surface area contributed by atoms with E-state index in [-0.39, 0.29) is 0 Å². The molecule has 0 saturated heterocycles. The molecule has 114 valence electrons. The first-order chi connectivity index (χ1) is 10.8. The number of hydrogen-bond donors (Lipinski definition) is 0. The van der Waals surface area contributed by atoms with E-state index in [9.17, 15) is 0 Å². The van der Waals surface area contributed by atoms with Crippen molar-refractivity contribution in [3.8, 4) is 0 Å². The molecule has 22 heavy (non-hydrogen) atoms. The molecular weight excluding hydrogens is 336 g/mol. The average Bonchev–Trinajstić information content (AvgIpc) is 3.07. The minimum atomic E-state index is 0.732. The van der Waals surface area contributed by atoms with Crippen molar-refractivity contribution in [3.05, 3.63) is 45.7 Å². The van der Waals surface area contributed by atoms with Gasteiger partial charge in [-0.15, -0.1) is 10.2 Å². The fraction of sp³-hybridized carbons (Fsp3) is 0.267. The van der Waals surface area contributed by atoms with Gasteiger partial charge in [0.05, 0.1) is 5.75 Å². The molecule has 3 aromatic rings. The van der Waals surface area contributed by atoms with E-state index in [1.807, 2.05) is 52.7 Å². The van der Waals surface area contributed by atoms with Gasteiger partial charge >= 0.3 is 0 Å². The van der Waals surface area contributed by atoms with Crippen molar-refractivity contribution in [3.63, 3.8) is 0 Å². The Bertz CT molecular complexity index is 794. The van der Waals surface area contributed by atoms with Crippen LogP contribution >= 0.6 is 34.7 Å².